The SMILES string of the molecule is CCCNC(=O)C[NH+](C)CC(=O)Nc1c(C)nn(-c2ccccc2)c1C. The van der Waals surface area contributed by atoms with E-state index in [4.69, 9.17) is 0 Å². The standard InChI is InChI=1S/C19H27N5O2/c1-5-11-20-17(25)12-23(4)13-18(26)21-19-14(2)22-24(15(19)3)16-9-7-6-8-10-16/h6-10H,5,11-13H2,1-4H3,(H,20,25)(H,21,26)/p+1. The molecule has 7 heteroatoms. The molecule has 1 unspecified atom stereocenters. The van der Waals surface area contributed by atoms with Crippen molar-refractivity contribution in [2.75, 3.05) is 32.0 Å². The number of para-hydroxylation sites is 1. The summed E-state index contributed by atoms with van der Waals surface area (Å²) in [6, 6.07) is 9.79. The van der Waals surface area contributed by atoms with Crippen molar-refractivity contribution < 1.29 is 14.5 Å². The average molecular weight is 358 g/mol. The van der Waals surface area contributed by atoms with E-state index in [9.17, 15) is 9.59 Å². The first-order chi connectivity index (χ1) is 12.4. The zero-order chi connectivity index (χ0) is 19.1. The van der Waals surface area contributed by atoms with Crippen LogP contribution in [0.1, 0.15) is 24.7 Å². The number of amides is 2. The maximum Gasteiger partial charge on any atom is 0.279 e. The van der Waals surface area contributed by atoms with Crippen molar-refractivity contribution in [3.8, 4) is 5.69 Å². The molecule has 1 aromatic carbocycles. The minimum atomic E-state index is -0.135. The number of quaternary nitrogens is 1. The van der Waals surface area contributed by atoms with Crippen molar-refractivity contribution >= 4 is 17.5 Å². The highest BCUT2D eigenvalue weighted by Crippen LogP contribution is 2.22. The molecule has 2 aromatic rings. The summed E-state index contributed by atoms with van der Waals surface area (Å²) >= 11 is 0. The monoisotopic (exact) mass is 358 g/mol. The van der Waals surface area contributed by atoms with Crippen molar-refractivity contribution in [1.29, 1.82) is 0 Å². The number of carbonyl (C=O) groups excluding carboxylic acids is 2. The van der Waals surface area contributed by atoms with Crippen LogP contribution in [0.3, 0.4) is 0 Å². The number of aryl methyl sites for hydroxylation is 1. The molecule has 0 saturated heterocycles. The van der Waals surface area contributed by atoms with E-state index in [0.717, 1.165) is 34.1 Å². The third-order valence-electron chi connectivity index (χ3n) is 4.05. The Hall–Kier alpha value is -2.67. The Morgan fingerprint density at radius 2 is 1.77 bits per heavy atom. The lowest BCUT2D eigenvalue weighted by molar-refractivity contribution is -0.862. The van der Waals surface area contributed by atoms with E-state index >= 15 is 0 Å². The molecule has 2 amide bonds. The van der Waals surface area contributed by atoms with Gasteiger partial charge in [-0.1, -0.05) is 25.1 Å². The van der Waals surface area contributed by atoms with Gasteiger partial charge in [-0.3, -0.25) is 9.59 Å². The number of carbonyl (C=O) groups is 2. The molecule has 0 fully saturated rings. The van der Waals surface area contributed by atoms with Crippen molar-refractivity contribution in [3.05, 3.63) is 41.7 Å². The highest BCUT2D eigenvalue weighted by Gasteiger charge is 2.18. The van der Waals surface area contributed by atoms with Crippen LogP contribution >= 0.6 is 0 Å². The van der Waals surface area contributed by atoms with Gasteiger partial charge < -0.3 is 15.5 Å². The third-order valence-corrected chi connectivity index (χ3v) is 4.05. The quantitative estimate of drug-likeness (QED) is 0.642. The van der Waals surface area contributed by atoms with Crippen LogP contribution in [0.2, 0.25) is 0 Å². The summed E-state index contributed by atoms with van der Waals surface area (Å²) in [4.78, 5) is 24.9. The molecule has 0 radical (unpaired) electrons. The van der Waals surface area contributed by atoms with E-state index in [1.807, 2.05) is 62.8 Å². The lowest BCUT2D eigenvalue weighted by Crippen LogP contribution is -3.11. The molecule has 0 bridgehead atoms. The van der Waals surface area contributed by atoms with E-state index in [2.05, 4.69) is 15.7 Å². The van der Waals surface area contributed by atoms with E-state index in [0.29, 0.717) is 6.54 Å². The second kappa shape index (κ2) is 9.15. The fourth-order valence-electron chi connectivity index (χ4n) is 2.77. The van der Waals surface area contributed by atoms with Gasteiger partial charge in [-0.15, -0.1) is 0 Å². The molecule has 0 spiro atoms. The van der Waals surface area contributed by atoms with Gasteiger partial charge in [0, 0.05) is 6.54 Å². The van der Waals surface area contributed by atoms with Crippen molar-refractivity contribution in [3.63, 3.8) is 0 Å². The van der Waals surface area contributed by atoms with E-state index < -0.39 is 0 Å². The predicted octanol–water partition coefficient (Wildman–Crippen LogP) is 0.469. The third kappa shape index (κ3) is 5.16. The Balaban J connectivity index is 1.99. The second-order valence-electron chi connectivity index (χ2n) is 6.50. The van der Waals surface area contributed by atoms with Crippen LogP contribution in [0.25, 0.3) is 5.69 Å². The Kier molecular flexibility index (Phi) is 6.91. The van der Waals surface area contributed by atoms with Crippen LogP contribution in [-0.4, -0.2) is 48.3 Å². The number of benzene rings is 1. The molecule has 26 heavy (non-hydrogen) atoms. The van der Waals surface area contributed by atoms with Crippen molar-refractivity contribution in [2.45, 2.75) is 27.2 Å². The van der Waals surface area contributed by atoms with Gasteiger partial charge in [-0.25, -0.2) is 4.68 Å². The number of likely N-dealkylation sites (N-methyl/N-ethyl adjacent to an activating group) is 1. The van der Waals surface area contributed by atoms with Gasteiger partial charge in [-0.2, -0.15) is 5.10 Å². The largest absolute Gasteiger partial charge is 0.351 e. The number of nitrogens with zero attached hydrogens (tertiary/aromatic N) is 2. The van der Waals surface area contributed by atoms with Gasteiger partial charge in [0.2, 0.25) is 0 Å². The molecule has 1 aromatic heterocycles. The molecule has 2 rings (SSSR count). The van der Waals surface area contributed by atoms with Crippen LogP contribution in [0.15, 0.2) is 30.3 Å². The van der Waals surface area contributed by atoms with Gasteiger partial charge in [0.15, 0.2) is 13.1 Å². The minimum absolute atomic E-state index is 0.0404. The first kappa shape index (κ1) is 19.7. The second-order valence-corrected chi connectivity index (χ2v) is 6.50. The zero-order valence-electron chi connectivity index (χ0n) is 15.9. The topological polar surface area (TPSA) is 80.5 Å². The summed E-state index contributed by atoms with van der Waals surface area (Å²) in [6.07, 6.45) is 0.898. The molecule has 0 aliphatic rings. The molecule has 7 nitrogen and oxygen atoms in total. The normalized spacial score (nSPS) is 11.8. The Morgan fingerprint density at radius 3 is 2.42 bits per heavy atom. The molecule has 0 aliphatic carbocycles. The van der Waals surface area contributed by atoms with Crippen LogP contribution in [-0.2, 0) is 9.59 Å². The molecule has 1 atom stereocenters. The molecule has 1 heterocycles. The minimum Gasteiger partial charge on any atom is -0.351 e. The van der Waals surface area contributed by atoms with E-state index in [-0.39, 0.29) is 24.9 Å². The molecular formula is C19H28N5O2+. The summed E-state index contributed by atoms with van der Waals surface area (Å²) in [5.41, 5.74) is 3.31. The maximum absolute atomic E-state index is 12.4. The van der Waals surface area contributed by atoms with Gasteiger partial charge in [0.05, 0.1) is 29.8 Å². The Labute approximate surface area is 154 Å². The van der Waals surface area contributed by atoms with Crippen LogP contribution in [0.5, 0.6) is 0 Å². The van der Waals surface area contributed by atoms with Gasteiger partial charge in [0.25, 0.3) is 11.8 Å². The average Bonchev–Trinajstić information content (AvgIpc) is 2.88. The number of anilines is 1. The molecular weight excluding hydrogens is 330 g/mol. The summed E-state index contributed by atoms with van der Waals surface area (Å²) in [5.74, 6) is -0.175. The van der Waals surface area contributed by atoms with Crippen LogP contribution < -0.4 is 15.5 Å². The highest BCUT2D eigenvalue weighted by molar-refractivity contribution is 5.92. The van der Waals surface area contributed by atoms with Crippen LogP contribution in [0.4, 0.5) is 5.69 Å². The molecule has 0 saturated carbocycles. The van der Waals surface area contributed by atoms with Crippen LogP contribution in [0, 0.1) is 13.8 Å². The smallest absolute Gasteiger partial charge is 0.279 e. The lowest BCUT2D eigenvalue weighted by atomic mass is 10.3. The number of nitrogens with one attached hydrogen (secondary N) is 3. The number of hydrogen-bond donors (Lipinski definition) is 3. The number of rotatable bonds is 8. The van der Waals surface area contributed by atoms with Crippen molar-refractivity contribution in [1.82, 2.24) is 15.1 Å². The number of aromatic nitrogens is 2. The molecule has 140 valence electrons. The molecule has 3 N–H and O–H groups in total. The van der Waals surface area contributed by atoms with E-state index in [1.54, 1.807) is 0 Å². The summed E-state index contributed by atoms with van der Waals surface area (Å²) in [6.45, 7) is 6.96. The highest BCUT2D eigenvalue weighted by atomic mass is 16.2. The maximum atomic E-state index is 12.4. The van der Waals surface area contributed by atoms with Gasteiger partial charge >= 0.3 is 0 Å². The zero-order valence-corrected chi connectivity index (χ0v) is 15.9. The summed E-state index contributed by atoms with van der Waals surface area (Å²) < 4.78 is 1.82. The number of hydrogen-bond acceptors (Lipinski definition) is 3. The lowest BCUT2D eigenvalue weighted by Gasteiger charge is -2.13. The van der Waals surface area contributed by atoms with Gasteiger partial charge in [-0.05, 0) is 32.4 Å². The van der Waals surface area contributed by atoms with Crippen molar-refractivity contribution in [2.24, 2.45) is 0 Å². The fourth-order valence-corrected chi connectivity index (χ4v) is 2.77. The Morgan fingerprint density at radius 1 is 1.12 bits per heavy atom. The fraction of sp³-hybridized carbons (Fsp3) is 0.421. The van der Waals surface area contributed by atoms with E-state index in [1.165, 1.54) is 0 Å². The summed E-state index contributed by atoms with van der Waals surface area (Å²) in [5, 5.41) is 10.3. The molecule has 0 aliphatic heterocycles. The Bertz CT molecular complexity index is 755. The first-order valence-electron chi connectivity index (χ1n) is 8.91. The summed E-state index contributed by atoms with van der Waals surface area (Å²) in [7, 11) is 1.83. The first-order valence-corrected chi connectivity index (χ1v) is 8.91. The van der Waals surface area contributed by atoms with Gasteiger partial charge in [0.1, 0.15) is 0 Å². The predicted molar refractivity (Wildman–Crippen MR) is 102 cm³/mol.